The second-order valence-electron chi connectivity index (χ2n) is 4.75. The SMILES string of the molecule is CCN(Cc1cnc(C)[nH]1)Cc1cc(Cl)ccc1OC. The molecule has 0 aliphatic heterocycles. The van der Waals surface area contributed by atoms with Gasteiger partial charge in [-0.25, -0.2) is 4.98 Å². The summed E-state index contributed by atoms with van der Waals surface area (Å²) in [5.74, 6) is 1.81. The zero-order valence-corrected chi connectivity index (χ0v) is 12.9. The normalized spacial score (nSPS) is 11.1. The van der Waals surface area contributed by atoms with Gasteiger partial charge in [0.05, 0.1) is 7.11 Å². The van der Waals surface area contributed by atoms with E-state index in [1.165, 1.54) is 0 Å². The number of nitrogens with zero attached hydrogens (tertiary/aromatic N) is 2. The number of nitrogens with one attached hydrogen (secondary N) is 1. The van der Waals surface area contributed by atoms with E-state index < -0.39 is 0 Å². The predicted octanol–water partition coefficient (Wildman–Crippen LogP) is 3.40. The number of hydrogen-bond acceptors (Lipinski definition) is 3. The van der Waals surface area contributed by atoms with E-state index in [-0.39, 0.29) is 0 Å². The maximum Gasteiger partial charge on any atom is 0.123 e. The molecular weight excluding hydrogens is 274 g/mol. The molecule has 0 aliphatic rings. The van der Waals surface area contributed by atoms with Gasteiger partial charge in [-0.15, -0.1) is 0 Å². The summed E-state index contributed by atoms with van der Waals surface area (Å²) in [6, 6.07) is 5.71. The zero-order chi connectivity index (χ0) is 14.5. The van der Waals surface area contributed by atoms with Crippen LogP contribution in [0.25, 0.3) is 0 Å². The first-order valence-corrected chi connectivity index (χ1v) is 7.05. The highest BCUT2D eigenvalue weighted by atomic mass is 35.5. The minimum Gasteiger partial charge on any atom is -0.496 e. The van der Waals surface area contributed by atoms with Crippen LogP contribution in [0.1, 0.15) is 24.0 Å². The van der Waals surface area contributed by atoms with Gasteiger partial charge in [0.2, 0.25) is 0 Å². The zero-order valence-electron chi connectivity index (χ0n) is 12.1. The lowest BCUT2D eigenvalue weighted by molar-refractivity contribution is 0.263. The maximum atomic E-state index is 6.07. The molecule has 0 bridgehead atoms. The van der Waals surface area contributed by atoms with Crippen molar-refractivity contribution in [3.63, 3.8) is 0 Å². The van der Waals surface area contributed by atoms with Crippen LogP contribution < -0.4 is 4.74 Å². The first kappa shape index (κ1) is 14.9. The van der Waals surface area contributed by atoms with Gasteiger partial charge in [0.25, 0.3) is 0 Å². The molecule has 5 heteroatoms. The molecule has 0 radical (unpaired) electrons. The van der Waals surface area contributed by atoms with Crippen LogP contribution in [0, 0.1) is 6.92 Å². The molecule has 0 spiro atoms. The fourth-order valence-electron chi connectivity index (χ4n) is 2.18. The lowest BCUT2D eigenvalue weighted by Crippen LogP contribution is -2.22. The molecule has 4 nitrogen and oxygen atoms in total. The third kappa shape index (κ3) is 3.74. The Morgan fingerprint density at radius 2 is 2.15 bits per heavy atom. The lowest BCUT2D eigenvalue weighted by atomic mass is 10.2. The Labute approximate surface area is 124 Å². The molecule has 0 saturated carbocycles. The maximum absolute atomic E-state index is 6.07. The quantitative estimate of drug-likeness (QED) is 0.887. The Kier molecular flexibility index (Phi) is 5.04. The van der Waals surface area contributed by atoms with Crippen molar-refractivity contribution in [3.8, 4) is 5.75 Å². The number of aromatic nitrogens is 2. The fraction of sp³-hybridized carbons (Fsp3) is 0.400. The number of benzene rings is 1. The van der Waals surface area contributed by atoms with Crippen LogP contribution in [0.2, 0.25) is 5.02 Å². The van der Waals surface area contributed by atoms with Gasteiger partial charge in [0, 0.05) is 35.6 Å². The van der Waals surface area contributed by atoms with Crippen LogP contribution in [0.3, 0.4) is 0 Å². The van der Waals surface area contributed by atoms with E-state index in [1.54, 1.807) is 7.11 Å². The fourth-order valence-corrected chi connectivity index (χ4v) is 2.38. The second kappa shape index (κ2) is 6.77. The third-order valence-electron chi connectivity index (χ3n) is 3.23. The van der Waals surface area contributed by atoms with Crippen molar-refractivity contribution in [3.05, 3.63) is 46.5 Å². The van der Waals surface area contributed by atoms with Crippen LogP contribution in [-0.2, 0) is 13.1 Å². The Morgan fingerprint density at radius 1 is 1.35 bits per heavy atom. The lowest BCUT2D eigenvalue weighted by Gasteiger charge is -2.21. The van der Waals surface area contributed by atoms with Crippen molar-refractivity contribution in [1.29, 1.82) is 0 Å². The topological polar surface area (TPSA) is 41.2 Å². The molecule has 0 aliphatic carbocycles. The smallest absolute Gasteiger partial charge is 0.123 e. The Balaban J connectivity index is 2.11. The molecule has 1 heterocycles. The first-order valence-electron chi connectivity index (χ1n) is 6.67. The van der Waals surface area contributed by atoms with Gasteiger partial charge in [-0.1, -0.05) is 18.5 Å². The molecule has 0 unspecified atom stereocenters. The van der Waals surface area contributed by atoms with Crippen LogP contribution in [0.5, 0.6) is 5.75 Å². The van der Waals surface area contributed by atoms with Crippen LogP contribution in [0.4, 0.5) is 0 Å². The summed E-state index contributed by atoms with van der Waals surface area (Å²) < 4.78 is 5.39. The molecule has 0 amide bonds. The molecule has 2 aromatic rings. The summed E-state index contributed by atoms with van der Waals surface area (Å²) >= 11 is 6.07. The summed E-state index contributed by atoms with van der Waals surface area (Å²) in [5.41, 5.74) is 2.21. The van der Waals surface area contributed by atoms with Crippen molar-refractivity contribution in [2.75, 3.05) is 13.7 Å². The van der Waals surface area contributed by atoms with Crippen molar-refractivity contribution in [1.82, 2.24) is 14.9 Å². The van der Waals surface area contributed by atoms with Gasteiger partial charge in [-0.05, 0) is 31.7 Å². The van der Waals surface area contributed by atoms with Gasteiger partial charge >= 0.3 is 0 Å². The van der Waals surface area contributed by atoms with Gasteiger partial charge in [-0.3, -0.25) is 4.90 Å². The number of rotatable bonds is 6. The average Bonchev–Trinajstić information content (AvgIpc) is 2.83. The summed E-state index contributed by atoms with van der Waals surface area (Å²) in [6.45, 7) is 6.65. The van der Waals surface area contributed by atoms with Gasteiger partial charge in [0.15, 0.2) is 0 Å². The first-order chi connectivity index (χ1) is 9.62. The van der Waals surface area contributed by atoms with Gasteiger partial charge in [0.1, 0.15) is 11.6 Å². The monoisotopic (exact) mass is 293 g/mol. The number of ether oxygens (including phenoxy) is 1. The summed E-state index contributed by atoms with van der Waals surface area (Å²) in [7, 11) is 1.68. The number of imidazole rings is 1. The molecular formula is C15H20ClN3O. The molecule has 0 atom stereocenters. The summed E-state index contributed by atoms with van der Waals surface area (Å²) in [4.78, 5) is 9.79. The second-order valence-corrected chi connectivity index (χ2v) is 5.19. The molecule has 108 valence electrons. The highest BCUT2D eigenvalue weighted by Crippen LogP contribution is 2.24. The average molecular weight is 294 g/mol. The van der Waals surface area contributed by atoms with Crippen LogP contribution in [-0.4, -0.2) is 28.5 Å². The number of aromatic amines is 1. The summed E-state index contributed by atoms with van der Waals surface area (Å²) in [5, 5.41) is 0.731. The molecule has 1 aromatic heterocycles. The van der Waals surface area contributed by atoms with E-state index >= 15 is 0 Å². The highest BCUT2D eigenvalue weighted by molar-refractivity contribution is 6.30. The van der Waals surface area contributed by atoms with Crippen molar-refractivity contribution in [2.45, 2.75) is 26.9 Å². The van der Waals surface area contributed by atoms with E-state index in [0.717, 1.165) is 47.5 Å². The van der Waals surface area contributed by atoms with Crippen molar-refractivity contribution in [2.24, 2.45) is 0 Å². The van der Waals surface area contributed by atoms with Crippen molar-refractivity contribution < 1.29 is 4.74 Å². The summed E-state index contributed by atoms with van der Waals surface area (Å²) in [6.07, 6.45) is 1.88. The number of methoxy groups -OCH3 is 1. The molecule has 1 N–H and O–H groups in total. The molecule has 0 fully saturated rings. The van der Waals surface area contributed by atoms with Crippen LogP contribution >= 0.6 is 11.6 Å². The number of aryl methyl sites for hydroxylation is 1. The van der Waals surface area contributed by atoms with E-state index in [1.807, 2.05) is 31.3 Å². The minimum atomic E-state index is 0.731. The predicted molar refractivity (Wildman–Crippen MR) is 81.1 cm³/mol. The highest BCUT2D eigenvalue weighted by Gasteiger charge is 2.10. The van der Waals surface area contributed by atoms with Gasteiger partial charge < -0.3 is 9.72 Å². The Hall–Kier alpha value is -1.52. The molecule has 0 saturated heterocycles. The molecule has 2 rings (SSSR count). The van der Waals surface area contributed by atoms with E-state index in [4.69, 9.17) is 16.3 Å². The number of halogens is 1. The van der Waals surface area contributed by atoms with Gasteiger partial charge in [-0.2, -0.15) is 0 Å². The molecule has 20 heavy (non-hydrogen) atoms. The van der Waals surface area contributed by atoms with E-state index in [2.05, 4.69) is 21.8 Å². The van der Waals surface area contributed by atoms with E-state index in [9.17, 15) is 0 Å². The largest absolute Gasteiger partial charge is 0.496 e. The van der Waals surface area contributed by atoms with Crippen molar-refractivity contribution >= 4 is 11.6 Å². The minimum absolute atomic E-state index is 0.731. The van der Waals surface area contributed by atoms with E-state index in [0.29, 0.717) is 0 Å². The number of H-pyrrole nitrogens is 1. The van der Waals surface area contributed by atoms with Crippen LogP contribution in [0.15, 0.2) is 24.4 Å². The molecule has 1 aromatic carbocycles. The number of hydrogen-bond donors (Lipinski definition) is 1. The Bertz CT molecular complexity index is 568. The standard InChI is InChI=1S/C15H20ClN3O/c1-4-19(10-14-8-17-11(2)18-14)9-12-7-13(16)5-6-15(12)20-3/h5-8H,4,9-10H2,1-3H3,(H,17,18). The Morgan fingerprint density at radius 3 is 2.75 bits per heavy atom. The third-order valence-corrected chi connectivity index (χ3v) is 3.47.